The highest BCUT2D eigenvalue weighted by Crippen LogP contribution is 2.37. The van der Waals surface area contributed by atoms with E-state index in [4.69, 9.17) is 18.9 Å². The van der Waals surface area contributed by atoms with Gasteiger partial charge in [0.15, 0.2) is 0 Å². The fourth-order valence-electron chi connectivity index (χ4n) is 3.89. The molecule has 4 aromatic carbocycles. The maximum absolute atomic E-state index is 11.1. The molecule has 0 amide bonds. The number of furan rings is 2. The molecule has 0 spiro atoms. The number of para-hydroxylation sites is 2. The smallest absolute Gasteiger partial charge is 0.465 e. The third-order valence-electron chi connectivity index (χ3n) is 5.82. The van der Waals surface area contributed by atoms with Crippen molar-refractivity contribution in [3.63, 3.8) is 0 Å². The minimum absolute atomic E-state index is 0.0742. The predicted molar refractivity (Wildman–Crippen MR) is 196 cm³/mol. The molecule has 0 aliphatic carbocycles. The SMILES string of the molecule is CI.O=[N+]([O-])c1ccccc1-c1coc2ccc(Br)cc12.O=[N+]([O-])c1ccccc1I.OB(O)c1coc2ccc(Br)cc12. The lowest BCUT2D eigenvalue weighted by atomic mass is 9.80. The maximum Gasteiger partial charge on any atom is 0.492 e. The van der Waals surface area contributed by atoms with Crippen molar-refractivity contribution < 1.29 is 28.7 Å². The average molecular weight is 950 g/mol. The molecular formula is C29H21BBr2I2N2O8. The van der Waals surface area contributed by atoms with Crippen LogP contribution in [0.1, 0.15) is 0 Å². The van der Waals surface area contributed by atoms with E-state index in [9.17, 15) is 20.2 Å². The number of nitro benzene ring substituents is 2. The van der Waals surface area contributed by atoms with Gasteiger partial charge in [0, 0.05) is 42.9 Å². The van der Waals surface area contributed by atoms with Gasteiger partial charge in [-0.15, -0.1) is 0 Å². The van der Waals surface area contributed by atoms with Crippen LogP contribution in [0.3, 0.4) is 0 Å². The van der Waals surface area contributed by atoms with Crippen LogP contribution in [0.5, 0.6) is 0 Å². The van der Waals surface area contributed by atoms with Gasteiger partial charge in [-0.05, 0) is 76.1 Å². The Kier molecular flexibility index (Phi) is 13.8. The molecule has 226 valence electrons. The quantitative estimate of drug-likeness (QED) is 0.0585. The number of hydrogen-bond acceptors (Lipinski definition) is 8. The molecule has 2 N–H and O–H groups in total. The Hall–Kier alpha value is -2.84. The standard InChI is InChI=1S/C14H8BrNO3.C8H6BBrO3.C6H4INO2.CH3I/c15-9-5-6-14-11(7-9)12(8-19-14)10-3-1-2-4-13(10)16(17)18;10-5-1-2-8-6(3-5)7(4-13-8)9(11)12;7-5-3-1-2-4-6(5)8(9)10;1-2/h1-8H;1-4,11-12H;1-4H;1H3. The zero-order valence-corrected chi connectivity index (χ0v) is 30.1. The Bertz CT molecular complexity index is 1900. The summed E-state index contributed by atoms with van der Waals surface area (Å²) in [6.45, 7) is 0. The van der Waals surface area contributed by atoms with Crippen molar-refractivity contribution in [2.24, 2.45) is 0 Å². The van der Waals surface area contributed by atoms with E-state index in [1.54, 1.807) is 54.8 Å². The molecule has 2 aromatic heterocycles. The van der Waals surface area contributed by atoms with Gasteiger partial charge in [0.2, 0.25) is 0 Å². The summed E-state index contributed by atoms with van der Waals surface area (Å²) in [7, 11) is -1.49. The highest BCUT2D eigenvalue weighted by atomic mass is 127. The summed E-state index contributed by atoms with van der Waals surface area (Å²) in [5.74, 6) is 0. The zero-order chi connectivity index (χ0) is 32.4. The highest BCUT2D eigenvalue weighted by molar-refractivity contribution is 14.1. The second kappa shape index (κ2) is 17.0. The lowest BCUT2D eigenvalue weighted by Gasteiger charge is -2.00. The van der Waals surface area contributed by atoms with Crippen LogP contribution in [0.2, 0.25) is 0 Å². The molecule has 0 atom stereocenters. The fourth-order valence-corrected chi connectivity index (χ4v) is 5.20. The summed E-state index contributed by atoms with van der Waals surface area (Å²) < 4.78 is 13.0. The molecule has 0 aliphatic heterocycles. The van der Waals surface area contributed by atoms with Crippen molar-refractivity contribution in [2.75, 3.05) is 4.93 Å². The topological polar surface area (TPSA) is 153 Å². The molecule has 0 aliphatic rings. The summed E-state index contributed by atoms with van der Waals surface area (Å²) in [5.41, 5.74) is 3.26. The van der Waals surface area contributed by atoms with Crippen LogP contribution < -0.4 is 5.46 Å². The van der Waals surface area contributed by atoms with Crippen molar-refractivity contribution in [3.05, 3.63) is 130 Å². The third kappa shape index (κ3) is 9.10. The Morgan fingerprint density at radius 3 is 1.75 bits per heavy atom. The van der Waals surface area contributed by atoms with Crippen molar-refractivity contribution in [1.82, 2.24) is 0 Å². The molecule has 10 nitrogen and oxygen atoms in total. The van der Waals surface area contributed by atoms with Gasteiger partial charge in [-0.25, -0.2) is 0 Å². The van der Waals surface area contributed by atoms with E-state index < -0.39 is 7.12 Å². The van der Waals surface area contributed by atoms with E-state index in [2.05, 4.69) is 54.5 Å². The summed E-state index contributed by atoms with van der Waals surface area (Å²) in [6.07, 6.45) is 2.90. The van der Waals surface area contributed by atoms with E-state index >= 15 is 0 Å². The first-order valence-corrected chi connectivity index (χ1v) is 17.1. The second-order valence-corrected chi connectivity index (χ2v) is 11.5. The minimum atomic E-state index is -1.49. The van der Waals surface area contributed by atoms with E-state index in [1.807, 2.05) is 51.8 Å². The van der Waals surface area contributed by atoms with Gasteiger partial charge in [0.25, 0.3) is 11.4 Å². The Morgan fingerprint density at radius 2 is 1.20 bits per heavy atom. The molecule has 0 saturated heterocycles. The maximum atomic E-state index is 11.1. The predicted octanol–water partition coefficient (Wildman–Crippen LogP) is 8.90. The number of benzene rings is 4. The van der Waals surface area contributed by atoms with Crippen LogP contribution in [-0.4, -0.2) is 31.9 Å². The Balaban J connectivity index is 0.000000185. The number of alkyl halides is 1. The molecule has 0 radical (unpaired) electrons. The fraction of sp³-hybridized carbons (Fsp3) is 0.0345. The number of nitrogens with zero attached hydrogens (tertiary/aromatic N) is 2. The summed E-state index contributed by atoms with van der Waals surface area (Å²) in [5, 5.41) is 40.8. The van der Waals surface area contributed by atoms with E-state index in [0.29, 0.717) is 31.1 Å². The van der Waals surface area contributed by atoms with Crippen molar-refractivity contribution in [3.8, 4) is 11.1 Å². The molecule has 0 bridgehead atoms. The molecule has 0 fully saturated rings. The molecule has 15 heteroatoms. The van der Waals surface area contributed by atoms with Gasteiger partial charge >= 0.3 is 7.12 Å². The number of hydrogen-bond donors (Lipinski definition) is 2. The van der Waals surface area contributed by atoms with Crippen LogP contribution >= 0.6 is 77.0 Å². The van der Waals surface area contributed by atoms with Crippen LogP contribution in [-0.2, 0) is 0 Å². The largest absolute Gasteiger partial charge is 0.492 e. The van der Waals surface area contributed by atoms with E-state index in [0.717, 1.165) is 19.9 Å². The number of nitro groups is 2. The van der Waals surface area contributed by atoms with Crippen LogP contribution in [0.25, 0.3) is 33.1 Å². The Morgan fingerprint density at radius 1 is 0.705 bits per heavy atom. The van der Waals surface area contributed by atoms with Gasteiger partial charge in [0.05, 0.1) is 31.5 Å². The first-order valence-electron chi connectivity index (χ1n) is 12.3. The monoisotopic (exact) mass is 948 g/mol. The Labute approximate surface area is 295 Å². The normalized spacial score (nSPS) is 10.1. The molecule has 2 heterocycles. The van der Waals surface area contributed by atoms with Crippen molar-refractivity contribution >= 4 is 123 Å². The molecule has 44 heavy (non-hydrogen) atoms. The second-order valence-electron chi connectivity index (χ2n) is 8.48. The summed E-state index contributed by atoms with van der Waals surface area (Å²) in [4.78, 5) is 22.5. The van der Waals surface area contributed by atoms with Crippen LogP contribution in [0, 0.1) is 23.8 Å². The van der Waals surface area contributed by atoms with Gasteiger partial charge < -0.3 is 18.9 Å². The first kappa shape index (κ1) is 35.6. The molecule has 0 unspecified atom stereocenters. The lowest BCUT2D eigenvalue weighted by molar-refractivity contribution is -0.385. The lowest BCUT2D eigenvalue weighted by Crippen LogP contribution is -2.28. The minimum Gasteiger partial charge on any atom is -0.465 e. The summed E-state index contributed by atoms with van der Waals surface area (Å²) in [6, 6.07) is 24.2. The first-order chi connectivity index (χ1) is 21.1. The number of fused-ring (bicyclic) bond motifs is 2. The molecule has 6 aromatic rings. The van der Waals surface area contributed by atoms with Gasteiger partial charge in [-0.2, -0.15) is 0 Å². The highest BCUT2D eigenvalue weighted by Gasteiger charge is 2.19. The van der Waals surface area contributed by atoms with Gasteiger partial charge in [0.1, 0.15) is 11.2 Å². The molecule has 6 rings (SSSR count). The number of rotatable bonds is 4. The van der Waals surface area contributed by atoms with Crippen molar-refractivity contribution in [2.45, 2.75) is 0 Å². The number of halogens is 4. The van der Waals surface area contributed by atoms with E-state index in [-0.39, 0.29) is 21.2 Å². The third-order valence-corrected chi connectivity index (χ3v) is 7.72. The van der Waals surface area contributed by atoms with Crippen LogP contribution in [0.15, 0.2) is 115 Å². The van der Waals surface area contributed by atoms with Crippen molar-refractivity contribution in [1.29, 1.82) is 0 Å². The molecule has 0 saturated carbocycles. The van der Waals surface area contributed by atoms with E-state index in [1.165, 1.54) is 18.4 Å². The van der Waals surface area contributed by atoms with Gasteiger partial charge in [-0.3, -0.25) is 20.2 Å². The van der Waals surface area contributed by atoms with Gasteiger partial charge in [-0.1, -0.05) is 78.7 Å². The van der Waals surface area contributed by atoms with Crippen LogP contribution in [0.4, 0.5) is 11.4 Å². The molecular weight excluding hydrogens is 929 g/mol. The summed E-state index contributed by atoms with van der Waals surface area (Å²) >= 11 is 10.8. The zero-order valence-electron chi connectivity index (χ0n) is 22.6. The average Bonchev–Trinajstić information content (AvgIpc) is 3.63.